The molecule has 36 heavy (non-hydrogen) atoms. The van der Waals surface area contributed by atoms with Gasteiger partial charge in [0, 0.05) is 29.2 Å². The van der Waals surface area contributed by atoms with Gasteiger partial charge in [0.15, 0.2) is 0 Å². The fourth-order valence-corrected chi connectivity index (χ4v) is 5.34. The molecule has 6 heteroatoms. The standard InChI is InChI=1S/C30H31ClFN3O/c1-20(2)30(36)33-25-8-5-7-22(16-25)21-12-14-34(15-13-21)19-26-17-23-6-3-4-9-28(23)35(26)29-11-10-24(32)18-27(29)31/h3-11,16-18,20-21H,12-15,19H2,1-2H3,(H,33,36). The fourth-order valence-electron chi connectivity index (χ4n) is 5.09. The Kier molecular flexibility index (Phi) is 7.13. The van der Waals surface area contributed by atoms with E-state index in [4.69, 9.17) is 11.6 Å². The van der Waals surface area contributed by atoms with Crippen LogP contribution in [0.25, 0.3) is 16.6 Å². The van der Waals surface area contributed by atoms with Crippen molar-refractivity contribution in [2.45, 2.75) is 39.2 Å². The van der Waals surface area contributed by atoms with Gasteiger partial charge in [-0.3, -0.25) is 9.69 Å². The maximum atomic E-state index is 13.8. The van der Waals surface area contributed by atoms with E-state index in [9.17, 15) is 9.18 Å². The topological polar surface area (TPSA) is 37.3 Å². The zero-order chi connectivity index (χ0) is 25.2. The summed E-state index contributed by atoms with van der Waals surface area (Å²) in [5.41, 5.74) is 5.15. The molecule has 1 amide bonds. The molecule has 186 valence electrons. The summed E-state index contributed by atoms with van der Waals surface area (Å²) >= 11 is 6.48. The number of amides is 1. The van der Waals surface area contributed by atoms with E-state index in [0.29, 0.717) is 10.9 Å². The Morgan fingerprint density at radius 3 is 2.56 bits per heavy atom. The molecule has 0 unspecified atom stereocenters. The first-order valence-electron chi connectivity index (χ1n) is 12.6. The summed E-state index contributed by atoms with van der Waals surface area (Å²) in [4.78, 5) is 14.6. The zero-order valence-corrected chi connectivity index (χ0v) is 21.4. The second-order valence-electron chi connectivity index (χ2n) is 9.95. The molecule has 1 aromatic heterocycles. The lowest BCUT2D eigenvalue weighted by Gasteiger charge is -2.32. The molecule has 3 aromatic carbocycles. The highest BCUT2D eigenvalue weighted by molar-refractivity contribution is 6.32. The van der Waals surface area contributed by atoms with Crippen LogP contribution in [0.3, 0.4) is 0 Å². The average Bonchev–Trinajstić information content (AvgIpc) is 3.22. The molecule has 0 atom stereocenters. The number of piperidine rings is 1. The summed E-state index contributed by atoms with van der Waals surface area (Å²) < 4.78 is 15.9. The van der Waals surface area contributed by atoms with Crippen LogP contribution in [0, 0.1) is 11.7 Å². The van der Waals surface area contributed by atoms with Gasteiger partial charge in [0.1, 0.15) is 5.82 Å². The lowest BCUT2D eigenvalue weighted by Crippen LogP contribution is -2.33. The third-order valence-electron chi connectivity index (χ3n) is 7.06. The number of fused-ring (bicyclic) bond motifs is 1. The summed E-state index contributed by atoms with van der Waals surface area (Å²) in [6.07, 6.45) is 2.11. The molecule has 0 bridgehead atoms. The molecule has 4 aromatic rings. The molecule has 1 aliphatic heterocycles. The van der Waals surface area contributed by atoms with Crippen LogP contribution >= 0.6 is 11.6 Å². The van der Waals surface area contributed by atoms with Crippen LogP contribution in [0.2, 0.25) is 5.02 Å². The first-order chi connectivity index (χ1) is 17.4. The largest absolute Gasteiger partial charge is 0.326 e. The number of anilines is 1. The molecule has 0 spiro atoms. The van der Waals surface area contributed by atoms with E-state index in [1.54, 1.807) is 6.07 Å². The van der Waals surface area contributed by atoms with Crippen LogP contribution in [-0.4, -0.2) is 28.5 Å². The maximum absolute atomic E-state index is 13.8. The number of hydrogen-bond donors (Lipinski definition) is 1. The van der Waals surface area contributed by atoms with E-state index in [1.165, 1.54) is 17.7 Å². The van der Waals surface area contributed by atoms with Gasteiger partial charge in [-0.25, -0.2) is 4.39 Å². The summed E-state index contributed by atoms with van der Waals surface area (Å²) in [6, 6.07) is 23.3. The van der Waals surface area contributed by atoms with Crippen molar-refractivity contribution in [2.24, 2.45) is 5.92 Å². The molecule has 2 heterocycles. The number of likely N-dealkylation sites (tertiary alicyclic amines) is 1. The number of rotatable bonds is 6. The molecule has 0 saturated carbocycles. The van der Waals surface area contributed by atoms with Gasteiger partial charge in [-0.2, -0.15) is 0 Å². The van der Waals surface area contributed by atoms with Crippen molar-refractivity contribution in [3.63, 3.8) is 0 Å². The highest BCUT2D eigenvalue weighted by Crippen LogP contribution is 2.33. The first-order valence-corrected chi connectivity index (χ1v) is 12.9. The zero-order valence-electron chi connectivity index (χ0n) is 20.7. The Morgan fingerprint density at radius 2 is 1.81 bits per heavy atom. The highest BCUT2D eigenvalue weighted by Gasteiger charge is 2.23. The SMILES string of the molecule is CC(C)C(=O)Nc1cccc(C2CCN(Cc3cc4ccccc4n3-c3ccc(F)cc3Cl)CC2)c1. The number of benzene rings is 3. The van der Waals surface area contributed by atoms with Crippen LogP contribution < -0.4 is 5.32 Å². The van der Waals surface area contributed by atoms with Gasteiger partial charge in [-0.05, 0) is 79.9 Å². The van der Waals surface area contributed by atoms with Crippen molar-refractivity contribution in [1.29, 1.82) is 0 Å². The van der Waals surface area contributed by atoms with Crippen LogP contribution in [0.15, 0.2) is 72.8 Å². The number of para-hydroxylation sites is 1. The van der Waals surface area contributed by atoms with Crippen molar-refractivity contribution in [3.05, 3.63) is 94.9 Å². The molecule has 1 fully saturated rings. The lowest BCUT2D eigenvalue weighted by molar-refractivity contribution is -0.118. The van der Waals surface area contributed by atoms with Gasteiger partial charge in [-0.1, -0.05) is 55.8 Å². The molecule has 4 nitrogen and oxygen atoms in total. The molecule has 1 saturated heterocycles. The van der Waals surface area contributed by atoms with E-state index < -0.39 is 0 Å². The van der Waals surface area contributed by atoms with E-state index in [0.717, 1.165) is 60.4 Å². The average molecular weight is 504 g/mol. The van der Waals surface area contributed by atoms with E-state index >= 15 is 0 Å². The van der Waals surface area contributed by atoms with Gasteiger partial charge in [0.25, 0.3) is 0 Å². The third-order valence-corrected chi connectivity index (χ3v) is 7.36. The van der Waals surface area contributed by atoms with Crippen molar-refractivity contribution in [3.8, 4) is 5.69 Å². The Morgan fingerprint density at radius 1 is 1.03 bits per heavy atom. The number of nitrogens with zero attached hydrogens (tertiary/aromatic N) is 2. The minimum absolute atomic E-state index is 0.0404. The second-order valence-corrected chi connectivity index (χ2v) is 10.4. The summed E-state index contributed by atoms with van der Waals surface area (Å²) in [5.74, 6) is 0.127. The summed E-state index contributed by atoms with van der Waals surface area (Å²) in [7, 11) is 0. The summed E-state index contributed by atoms with van der Waals surface area (Å²) in [5, 5.41) is 4.56. The molecule has 5 rings (SSSR count). The van der Waals surface area contributed by atoms with Gasteiger partial charge in [-0.15, -0.1) is 0 Å². The molecule has 0 aliphatic carbocycles. The number of halogens is 2. The smallest absolute Gasteiger partial charge is 0.226 e. The van der Waals surface area contributed by atoms with Crippen molar-refractivity contribution < 1.29 is 9.18 Å². The highest BCUT2D eigenvalue weighted by atomic mass is 35.5. The lowest BCUT2D eigenvalue weighted by atomic mass is 9.89. The van der Waals surface area contributed by atoms with Gasteiger partial charge in [0.2, 0.25) is 5.91 Å². The first kappa shape index (κ1) is 24.5. The van der Waals surface area contributed by atoms with Crippen LogP contribution in [0.1, 0.15) is 43.9 Å². The second kappa shape index (κ2) is 10.5. The molecular weight excluding hydrogens is 473 g/mol. The van der Waals surface area contributed by atoms with Crippen LogP contribution in [-0.2, 0) is 11.3 Å². The number of nitrogens with one attached hydrogen (secondary N) is 1. The predicted octanol–water partition coefficient (Wildman–Crippen LogP) is 7.40. The van der Waals surface area contributed by atoms with Crippen LogP contribution in [0.4, 0.5) is 10.1 Å². The quantitative estimate of drug-likeness (QED) is 0.297. The van der Waals surface area contributed by atoms with Crippen molar-refractivity contribution >= 4 is 34.1 Å². The Labute approximate surface area is 216 Å². The van der Waals surface area contributed by atoms with Gasteiger partial charge >= 0.3 is 0 Å². The predicted molar refractivity (Wildman–Crippen MR) is 145 cm³/mol. The minimum Gasteiger partial charge on any atom is -0.326 e. The molecule has 0 radical (unpaired) electrons. The van der Waals surface area contributed by atoms with E-state index in [-0.39, 0.29) is 17.6 Å². The van der Waals surface area contributed by atoms with E-state index in [2.05, 4.69) is 45.1 Å². The Hall–Kier alpha value is -3.15. The van der Waals surface area contributed by atoms with Crippen molar-refractivity contribution in [2.75, 3.05) is 18.4 Å². The normalized spacial score (nSPS) is 15.0. The Balaban J connectivity index is 1.32. The van der Waals surface area contributed by atoms with Gasteiger partial charge in [0.05, 0.1) is 16.2 Å². The van der Waals surface area contributed by atoms with E-state index in [1.807, 2.05) is 38.1 Å². The minimum atomic E-state index is -0.336. The monoisotopic (exact) mass is 503 g/mol. The third kappa shape index (κ3) is 5.18. The number of hydrogen-bond acceptors (Lipinski definition) is 2. The Bertz CT molecular complexity index is 1390. The van der Waals surface area contributed by atoms with Crippen molar-refractivity contribution in [1.82, 2.24) is 9.47 Å². The number of carbonyl (C=O) groups excluding carboxylic acids is 1. The molecule has 1 N–H and O–H groups in total. The number of aromatic nitrogens is 1. The molecular formula is C30H31ClFN3O. The fraction of sp³-hybridized carbons (Fsp3) is 0.300. The number of carbonyl (C=O) groups is 1. The summed E-state index contributed by atoms with van der Waals surface area (Å²) in [6.45, 7) is 6.55. The van der Waals surface area contributed by atoms with Gasteiger partial charge < -0.3 is 9.88 Å². The maximum Gasteiger partial charge on any atom is 0.226 e. The molecule has 1 aliphatic rings. The van der Waals surface area contributed by atoms with Crippen LogP contribution in [0.5, 0.6) is 0 Å².